The van der Waals surface area contributed by atoms with Crippen LogP contribution in [0.4, 0.5) is 0 Å². The van der Waals surface area contributed by atoms with E-state index in [0.29, 0.717) is 70.0 Å². The van der Waals surface area contributed by atoms with Crippen LogP contribution in [0, 0.1) is 5.41 Å². The van der Waals surface area contributed by atoms with Crippen LogP contribution in [-0.4, -0.2) is 358 Å². The Hall–Kier alpha value is -11.4. The lowest BCUT2D eigenvalue weighted by Gasteiger charge is -2.44. The molecular weight excluding hydrogens is 1960 g/mol. The minimum absolute atomic E-state index is 0.0132. The quantitative estimate of drug-likeness (QED) is 0.0145. The largest absolute Gasteiger partial charge is 0.463 e. The van der Waals surface area contributed by atoms with Crippen molar-refractivity contribution in [3.05, 3.63) is 29.8 Å². The summed E-state index contributed by atoms with van der Waals surface area (Å²) in [6.45, 7) is 19.6. The predicted octanol–water partition coefficient (Wildman–Crippen LogP) is 1.55. The maximum atomic E-state index is 14.7. The molecule has 4 rings (SSSR count). The lowest BCUT2D eigenvalue weighted by atomic mass is 9.96. The fourth-order valence-corrected chi connectivity index (χ4v) is 16.7. The molecule has 1 aromatic rings. The predicted molar refractivity (Wildman–Crippen MR) is 515 cm³/mol. The minimum atomic E-state index is -1.71. The highest BCUT2D eigenvalue weighted by atomic mass is 31.2. The molecule has 16 atom stereocenters. The van der Waals surface area contributed by atoms with E-state index in [0.717, 1.165) is 62.3 Å². The van der Waals surface area contributed by atoms with Crippen LogP contribution >= 0.6 is 8.53 Å². The third kappa shape index (κ3) is 52.9. The molecule has 0 spiro atoms. The summed E-state index contributed by atoms with van der Waals surface area (Å²) < 4.78 is 118. The van der Waals surface area contributed by atoms with Crippen molar-refractivity contribution in [2.45, 2.75) is 323 Å². The van der Waals surface area contributed by atoms with Gasteiger partial charge in [-0.3, -0.25) is 91.1 Å². The molecule has 16 unspecified atom stereocenters. The van der Waals surface area contributed by atoms with Gasteiger partial charge in [-0.1, -0.05) is 0 Å². The molecule has 11 N–H and O–H groups in total. The lowest BCUT2D eigenvalue weighted by Crippen LogP contribution is -2.66. The highest BCUT2D eigenvalue weighted by Crippen LogP contribution is 2.46. The van der Waals surface area contributed by atoms with Gasteiger partial charge in [0.1, 0.15) is 67.5 Å². The van der Waals surface area contributed by atoms with Crippen LogP contribution in [0.1, 0.15) is 224 Å². The molecule has 0 aliphatic carbocycles. The Labute approximate surface area is 856 Å². The fraction of sp³-hybridized carbons (Fsp3) is 0.726. The average molecular weight is 2120 g/mol. The Balaban J connectivity index is 1.45. The van der Waals surface area contributed by atoms with Crippen molar-refractivity contribution in [3.8, 4) is 5.75 Å². The number of benzene rings is 1. The van der Waals surface area contributed by atoms with Crippen molar-refractivity contribution < 1.29 is 185 Å². The molecule has 0 saturated carbocycles. The first kappa shape index (κ1) is 128. The molecule has 147 heavy (non-hydrogen) atoms. The van der Waals surface area contributed by atoms with E-state index in [1.807, 2.05) is 27.7 Å². The highest BCUT2D eigenvalue weighted by molar-refractivity contribution is 7.45. The summed E-state index contributed by atoms with van der Waals surface area (Å²) in [4.78, 5) is 240. The van der Waals surface area contributed by atoms with Crippen LogP contribution in [0.15, 0.2) is 24.3 Å². The molecule has 3 aliphatic rings. The Bertz CT molecular complexity index is 4010. The highest BCUT2D eigenvalue weighted by Gasteiger charge is 2.55. The van der Waals surface area contributed by atoms with Gasteiger partial charge in [0.25, 0.3) is 5.91 Å². The summed E-state index contributed by atoms with van der Waals surface area (Å²) in [5.74, 6) is -11.0. The number of unbranched alkanes of at least 4 members (excludes halogenated alkanes) is 3. The Kier molecular flexibility index (Phi) is 61.3. The van der Waals surface area contributed by atoms with E-state index in [1.54, 1.807) is 12.1 Å². The van der Waals surface area contributed by atoms with Crippen LogP contribution in [0.3, 0.4) is 0 Å². The van der Waals surface area contributed by atoms with Crippen LogP contribution < -0.4 is 57.7 Å². The molecule has 10 amide bonds. The number of carbonyl (C=O) groups is 19. The number of amides is 10. The number of carbonyl (C=O) groups excluding carboxylic acids is 19. The van der Waals surface area contributed by atoms with Gasteiger partial charge in [0.15, 0.2) is 55.5 Å². The smallest absolute Gasteiger partial charge is 0.321 e. The van der Waals surface area contributed by atoms with Crippen molar-refractivity contribution in [2.75, 3.05) is 125 Å². The van der Waals surface area contributed by atoms with Crippen molar-refractivity contribution >= 4 is 128 Å². The van der Waals surface area contributed by atoms with Crippen LogP contribution in [0.25, 0.3) is 0 Å². The molecule has 52 heteroatoms. The number of rotatable bonds is 71. The number of esters is 9. The third-order valence-electron chi connectivity index (χ3n) is 21.4. The summed E-state index contributed by atoms with van der Waals surface area (Å²) in [5.41, 5.74) is -1.50. The number of nitrogens with one attached hydrogen (secondary N) is 11. The van der Waals surface area contributed by atoms with Gasteiger partial charge in [0.2, 0.25) is 53.2 Å². The summed E-state index contributed by atoms with van der Waals surface area (Å²) in [5, 5.41) is 35.2. The molecule has 830 valence electrons. The van der Waals surface area contributed by atoms with Gasteiger partial charge in [-0.2, -0.15) is 0 Å². The van der Waals surface area contributed by atoms with Gasteiger partial charge < -0.3 is 153 Å². The number of hydrogen-bond donors (Lipinski definition) is 11. The zero-order valence-electron chi connectivity index (χ0n) is 86.8. The van der Waals surface area contributed by atoms with E-state index in [1.165, 1.54) is 39.1 Å². The van der Waals surface area contributed by atoms with Crippen molar-refractivity contribution in [1.82, 2.24) is 57.8 Å². The lowest BCUT2D eigenvalue weighted by molar-refractivity contribution is -0.277. The molecule has 3 saturated heterocycles. The second-order valence-corrected chi connectivity index (χ2v) is 36.6. The van der Waals surface area contributed by atoms with Crippen LogP contribution in [0.5, 0.6) is 5.75 Å². The summed E-state index contributed by atoms with van der Waals surface area (Å²) in [7, 11) is -1.71. The number of ether oxygens (including phenoxy) is 18. The molecule has 0 radical (unpaired) electrons. The summed E-state index contributed by atoms with van der Waals surface area (Å²) in [6, 6.07) is 2.63. The Morgan fingerprint density at radius 2 is 0.639 bits per heavy atom. The van der Waals surface area contributed by atoms with Crippen molar-refractivity contribution in [2.24, 2.45) is 0 Å². The van der Waals surface area contributed by atoms with E-state index in [9.17, 15) is 91.1 Å². The monoisotopic (exact) mass is 2110 g/mol. The Morgan fingerprint density at radius 1 is 0.361 bits per heavy atom. The van der Waals surface area contributed by atoms with Gasteiger partial charge in [-0.25, -0.2) is 4.67 Å². The van der Waals surface area contributed by atoms with E-state index >= 15 is 0 Å². The van der Waals surface area contributed by atoms with Crippen LogP contribution in [-0.2, 0) is 176 Å². The molecule has 0 aromatic heterocycles. The molecule has 51 nitrogen and oxygen atoms in total. The zero-order valence-corrected chi connectivity index (χ0v) is 87.7. The van der Waals surface area contributed by atoms with Gasteiger partial charge in [-0.05, 0) is 116 Å². The number of nitrogens with zero attached hydrogens (tertiary/aromatic N) is 1. The molecule has 3 fully saturated rings. The van der Waals surface area contributed by atoms with E-state index in [2.05, 4.69) is 57.8 Å². The molecular formula is C95H151N12O39P. The van der Waals surface area contributed by atoms with Gasteiger partial charge in [0.05, 0.1) is 46.2 Å². The molecule has 0 bridgehead atoms. The van der Waals surface area contributed by atoms with E-state index in [-0.39, 0.29) is 179 Å². The van der Waals surface area contributed by atoms with Gasteiger partial charge in [0, 0.05) is 205 Å². The topological polar surface area (TPSA) is 656 Å². The SMILES string of the molecule is CC(=O)NC1C(OCCCCC(=O)NCCCNC(=O)CCOCC(COCCC(=O)NCCCNC(=O)CCCCOC2OC(COC(C)=O)C(OC(C)=O)C(OC(C)=O)C2NC(C)=O)(COCCC(=O)NCCCNC(=O)CCCCOC2OC(COC(C)=O)C(OC(C)=O)C(OC(C)=O)C2NC(C)=O)NC(=O)c2ccc(OP(OCCC=N)N(C(C)C)C(C)C)cc2)OC(COC(C)=O)C(OC(C)=O)C1OC(C)=O. The maximum absolute atomic E-state index is 14.7. The minimum Gasteiger partial charge on any atom is -0.463 e. The summed E-state index contributed by atoms with van der Waals surface area (Å²) in [6.07, 6.45) is -11.5. The van der Waals surface area contributed by atoms with E-state index < -0.39 is 221 Å². The fourth-order valence-electron chi connectivity index (χ4n) is 15.1. The van der Waals surface area contributed by atoms with Gasteiger partial charge in [-0.15, -0.1) is 0 Å². The zero-order chi connectivity index (χ0) is 109. The van der Waals surface area contributed by atoms with Crippen molar-refractivity contribution in [3.63, 3.8) is 0 Å². The first-order valence-electron chi connectivity index (χ1n) is 49.0. The molecule has 3 aliphatic heterocycles. The second-order valence-electron chi connectivity index (χ2n) is 35.2. The second kappa shape index (κ2) is 70.5. The van der Waals surface area contributed by atoms with Gasteiger partial charge >= 0.3 is 62.2 Å². The third-order valence-corrected chi connectivity index (χ3v) is 23.5. The van der Waals surface area contributed by atoms with Crippen molar-refractivity contribution in [1.29, 1.82) is 5.41 Å². The summed E-state index contributed by atoms with van der Waals surface area (Å²) >= 11 is 0. The average Bonchev–Trinajstić information content (AvgIpc) is 0.790. The standard InChI is InChI=1S/C95H151N12O39P/c1-57(2)107(58(3)4)147(136-47-23-37-96)146-72-32-30-71(31-33-72)91(126)106-95(54-127-48-34-79(123)100-41-24-38-97-76(120)27-17-20-44-130-92-82(103-59(5)108)88(140-68(14)117)85(137-65(11)114)73(143-92)51-133-62(8)111,55-128-49-35-80(124)101-42-25-39-98-77(121)28-18-21-45-131-93-83(104-60(6)109)89(141-69(15)118)86(138-66(12)115)74(144-93)52-134-63(9)112)56-129-50-36-81(125)102-43-26-40-99-78(122)29-19-22-46-132-94-84(105-61(7)110)90(142-70(16)119)87(139-67(13)116)75(145-94)53-135-64(10)113/h30-33,37,57-58,73-75,82-90,92-94,96H,17-29,34-36,38-56H2,1-16H3,(H,97,120)(H,98,121)(H,99,122)(H,100,123)(H,101,124)(H,102,125)(H,103,108)(H,104,109)(H,105,110)(H,106,126). The molecule has 1 aromatic carbocycles. The Morgan fingerprint density at radius 3 is 0.898 bits per heavy atom. The molecule has 3 heterocycles. The van der Waals surface area contributed by atoms with E-state index in [4.69, 9.17) is 99.7 Å². The van der Waals surface area contributed by atoms with Crippen LogP contribution in [0.2, 0.25) is 0 Å². The first-order chi connectivity index (χ1) is 69.8. The number of hydrogen-bond acceptors (Lipinski definition) is 41. The normalized spacial score (nSPS) is 21.0. The maximum Gasteiger partial charge on any atom is 0.321 e. The first-order valence-corrected chi connectivity index (χ1v) is 50.1.